The van der Waals surface area contributed by atoms with Gasteiger partial charge < -0.3 is 0 Å². The fourth-order valence-electron chi connectivity index (χ4n) is 2.28. The molecule has 0 aliphatic heterocycles. The number of benzene rings is 3. The first-order chi connectivity index (χ1) is 13.2. The van der Waals surface area contributed by atoms with E-state index >= 15 is 0 Å². The minimum absolute atomic E-state index is 0.00571. The summed E-state index contributed by atoms with van der Waals surface area (Å²) < 4.78 is 54.5. The maximum absolute atomic E-state index is 12.4. The maximum atomic E-state index is 12.4. The fourth-order valence-corrected chi connectivity index (χ4v) is 4.79. The second-order valence-electron chi connectivity index (χ2n) is 5.68. The standard InChI is InChI=1S/C18H14Cl2N2O4S2/c19-17-11-10-16(12-18(17)20)28(25,26)22-14-6-8-15(9-7-14)27(23,24)21-13-4-2-1-3-5-13/h1-12,21-22H. The fraction of sp³-hybridized carbons (Fsp3) is 0. The molecule has 0 aliphatic carbocycles. The smallest absolute Gasteiger partial charge is 0.261 e. The molecule has 3 aromatic rings. The van der Waals surface area contributed by atoms with Crippen LogP contribution in [0.3, 0.4) is 0 Å². The van der Waals surface area contributed by atoms with Gasteiger partial charge in [-0.1, -0.05) is 41.4 Å². The average Bonchev–Trinajstić information content (AvgIpc) is 2.64. The molecule has 0 spiro atoms. The molecule has 0 radical (unpaired) electrons. The van der Waals surface area contributed by atoms with Crippen molar-refractivity contribution in [1.29, 1.82) is 0 Å². The Morgan fingerprint density at radius 3 is 1.64 bits per heavy atom. The van der Waals surface area contributed by atoms with Crippen molar-refractivity contribution in [2.24, 2.45) is 0 Å². The summed E-state index contributed by atoms with van der Waals surface area (Å²) in [6.07, 6.45) is 0. The van der Waals surface area contributed by atoms with Crippen LogP contribution in [0.4, 0.5) is 11.4 Å². The van der Waals surface area contributed by atoms with Gasteiger partial charge in [-0.2, -0.15) is 0 Å². The first kappa shape index (κ1) is 20.5. The van der Waals surface area contributed by atoms with Gasteiger partial charge in [0.25, 0.3) is 20.0 Å². The maximum Gasteiger partial charge on any atom is 0.261 e. The molecule has 0 atom stereocenters. The van der Waals surface area contributed by atoms with E-state index in [1.54, 1.807) is 30.3 Å². The van der Waals surface area contributed by atoms with Gasteiger partial charge in [0, 0.05) is 11.4 Å². The molecule has 146 valence electrons. The highest BCUT2D eigenvalue weighted by molar-refractivity contribution is 7.93. The van der Waals surface area contributed by atoms with E-state index in [9.17, 15) is 16.8 Å². The van der Waals surface area contributed by atoms with Crippen LogP contribution in [0, 0.1) is 0 Å². The number of halogens is 2. The lowest BCUT2D eigenvalue weighted by Crippen LogP contribution is -2.14. The molecule has 3 aromatic carbocycles. The minimum Gasteiger partial charge on any atom is -0.280 e. The van der Waals surface area contributed by atoms with E-state index in [1.165, 1.54) is 42.5 Å². The third-order valence-corrected chi connectivity index (χ3v) is 7.16. The highest BCUT2D eigenvalue weighted by atomic mass is 35.5. The summed E-state index contributed by atoms with van der Waals surface area (Å²) in [6.45, 7) is 0. The van der Waals surface area contributed by atoms with E-state index < -0.39 is 20.0 Å². The molecule has 10 heteroatoms. The highest BCUT2D eigenvalue weighted by Gasteiger charge is 2.17. The van der Waals surface area contributed by atoms with E-state index in [0.29, 0.717) is 5.69 Å². The lowest BCUT2D eigenvalue weighted by atomic mass is 10.3. The first-order valence-corrected chi connectivity index (χ1v) is 11.6. The van der Waals surface area contributed by atoms with E-state index in [1.807, 2.05) is 0 Å². The lowest BCUT2D eigenvalue weighted by Gasteiger charge is -2.11. The van der Waals surface area contributed by atoms with Crippen molar-refractivity contribution < 1.29 is 16.8 Å². The topological polar surface area (TPSA) is 92.3 Å². The van der Waals surface area contributed by atoms with Crippen LogP contribution >= 0.6 is 23.2 Å². The predicted molar refractivity (Wildman–Crippen MR) is 111 cm³/mol. The zero-order valence-corrected chi connectivity index (χ0v) is 17.3. The lowest BCUT2D eigenvalue weighted by molar-refractivity contribution is 0.600. The Labute approximate surface area is 173 Å². The van der Waals surface area contributed by atoms with Gasteiger partial charge in [0.1, 0.15) is 0 Å². The minimum atomic E-state index is -3.91. The molecule has 0 unspecified atom stereocenters. The highest BCUT2D eigenvalue weighted by Crippen LogP contribution is 2.26. The summed E-state index contributed by atoms with van der Waals surface area (Å²) in [5.74, 6) is 0. The summed E-state index contributed by atoms with van der Waals surface area (Å²) in [5, 5.41) is 0.346. The molecule has 3 rings (SSSR count). The summed E-state index contributed by atoms with van der Waals surface area (Å²) in [5.41, 5.74) is 0.622. The van der Waals surface area contributed by atoms with Gasteiger partial charge in [-0.3, -0.25) is 9.44 Å². The van der Waals surface area contributed by atoms with E-state index in [0.717, 1.165) is 0 Å². The zero-order chi connectivity index (χ0) is 20.4. The van der Waals surface area contributed by atoms with Gasteiger partial charge >= 0.3 is 0 Å². The second-order valence-corrected chi connectivity index (χ2v) is 9.86. The van der Waals surface area contributed by atoms with Crippen LogP contribution in [-0.4, -0.2) is 16.8 Å². The van der Waals surface area contributed by atoms with Crippen molar-refractivity contribution in [2.45, 2.75) is 9.79 Å². The van der Waals surface area contributed by atoms with Crippen molar-refractivity contribution in [1.82, 2.24) is 0 Å². The molecule has 0 heterocycles. The van der Waals surface area contributed by atoms with Crippen molar-refractivity contribution in [3.63, 3.8) is 0 Å². The van der Waals surface area contributed by atoms with Crippen molar-refractivity contribution in [2.75, 3.05) is 9.44 Å². The molecule has 0 aromatic heterocycles. The number of hydrogen-bond donors (Lipinski definition) is 2. The Hall–Kier alpha value is -2.26. The monoisotopic (exact) mass is 456 g/mol. The molecule has 28 heavy (non-hydrogen) atoms. The third-order valence-electron chi connectivity index (χ3n) is 3.64. The number of para-hydroxylation sites is 1. The largest absolute Gasteiger partial charge is 0.280 e. The van der Waals surface area contributed by atoms with Crippen LogP contribution in [0.15, 0.2) is 82.6 Å². The number of nitrogens with one attached hydrogen (secondary N) is 2. The van der Waals surface area contributed by atoms with Crippen LogP contribution in [0.5, 0.6) is 0 Å². The number of sulfonamides is 2. The Kier molecular flexibility index (Phi) is 5.85. The summed E-state index contributed by atoms with van der Waals surface area (Å²) in [7, 11) is -7.70. The normalized spacial score (nSPS) is 11.8. The predicted octanol–water partition coefficient (Wildman–Crippen LogP) is 4.60. The second kappa shape index (κ2) is 8.00. The summed E-state index contributed by atoms with van der Waals surface area (Å²) in [4.78, 5) is -0.0711. The molecule has 0 aliphatic rings. The molecular weight excluding hydrogens is 443 g/mol. The molecule has 0 bridgehead atoms. The van der Waals surface area contributed by atoms with Crippen LogP contribution in [0.25, 0.3) is 0 Å². The Balaban J connectivity index is 1.79. The van der Waals surface area contributed by atoms with E-state index in [4.69, 9.17) is 23.2 Å². The molecule has 0 saturated heterocycles. The van der Waals surface area contributed by atoms with Crippen LogP contribution in [0.1, 0.15) is 0 Å². The molecule has 2 N–H and O–H groups in total. The van der Waals surface area contributed by atoms with Gasteiger partial charge in [-0.15, -0.1) is 0 Å². The van der Waals surface area contributed by atoms with E-state index in [2.05, 4.69) is 9.44 Å². The van der Waals surface area contributed by atoms with Crippen LogP contribution in [0.2, 0.25) is 10.0 Å². The average molecular weight is 457 g/mol. The Morgan fingerprint density at radius 2 is 1.07 bits per heavy atom. The third kappa shape index (κ3) is 4.77. The first-order valence-electron chi connectivity index (χ1n) is 7.83. The Morgan fingerprint density at radius 1 is 0.571 bits per heavy atom. The number of rotatable bonds is 6. The van der Waals surface area contributed by atoms with Crippen LogP contribution in [-0.2, 0) is 20.0 Å². The van der Waals surface area contributed by atoms with E-state index in [-0.39, 0.29) is 25.5 Å². The molecular formula is C18H14Cl2N2O4S2. The number of anilines is 2. The molecule has 0 amide bonds. The van der Waals surface area contributed by atoms with Crippen molar-refractivity contribution in [3.05, 3.63) is 82.8 Å². The molecule has 0 saturated carbocycles. The SMILES string of the molecule is O=S(=O)(Nc1ccccc1)c1ccc(NS(=O)(=O)c2ccc(Cl)c(Cl)c2)cc1. The molecule has 6 nitrogen and oxygen atoms in total. The van der Waals surface area contributed by atoms with Gasteiger partial charge in [-0.05, 0) is 54.6 Å². The summed E-state index contributed by atoms with van der Waals surface area (Å²) >= 11 is 11.7. The van der Waals surface area contributed by atoms with Gasteiger partial charge in [0.2, 0.25) is 0 Å². The molecule has 0 fully saturated rings. The zero-order valence-electron chi connectivity index (χ0n) is 14.1. The van der Waals surface area contributed by atoms with Crippen molar-refractivity contribution in [3.8, 4) is 0 Å². The van der Waals surface area contributed by atoms with Crippen LogP contribution < -0.4 is 9.44 Å². The number of hydrogen-bond acceptors (Lipinski definition) is 4. The summed E-state index contributed by atoms with van der Waals surface area (Å²) in [6, 6.07) is 17.7. The van der Waals surface area contributed by atoms with Crippen molar-refractivity contribution >= 4 is 54.6 Å². The quantitative estimate of drug-likeness (QED) is 0.566. The van der Waals surface area contributed by atoms with Gasteiger partial charge in [-0.25, -0.2) is 16.8 Å². The Bertz CT molecular complexity index is 1200. The van der Waals surface area contributed by atoms with Gasteiger partial charge in [0.05, 0.1) is 19.8 Å². The van der Waals surface area contributed by atoms with Gasteiger partial charge in [0.15, 0.2) is 0 Å².